The molecule has 4 heteroatoms. The minimum absolute atomic E-state index is 0.0938. The van der Waals surface area contributed by atoms with Crippen LogP contribution in [0.5, 0.6) is 0 Å². The van der Waals surface area contributed by atoms with Crippen LogP contribution in [0.2, 0.25) is 0 Å². The predicted octanol–water partition coefficient (Wildman–Crippen LogP) is 5.46. The summed E-state index contributed by atoms with van der Waals surface area (Å²) in [5.41, 5.74) is 1.37. The van der Waals surface area contributed by atoms with Crippen LogP contribution >= 0.6 is 22.6 Å². The van der Waals surface area contributed by atoms with Gasteiger partial charge in [-0.05, 0) is 68.6 Å². The Balaban J connectivity index is 1.91. The first-order valence-corrected chi connectivity index (χ1v) is 11.8. The molecule has 152 valence electrons. The SMILES string of the molecule is CC(C)[C@@H](C=O)NC(=O)[C@]1(C)CCC[C@@]2(C)C3=CCC[C@](C)(I)C3CCC12. The molecule has 27 heavy (non-hydrogen) atoms. The van der Waals surface area contributed by atoms with Gasteiger partial charge in [0.2, 0.25) is 5.91 Å². The lowest BCUT2D eigenvalue weighted by Gasteiger charge is -2.59. The molecule has 2 fully saturated rings. The quantitative estimate of drug-likeness (QED) is 0.249. The number of rotatable bonds is 4. The van der Waals surface area contributed by atoms with Crippen LogP contribution in [-0.4, -0.2) is 21.7 Å². The van der Waals surface area contributed by atoms with Crippen molar-refractivity contribution in [2.75, 3.05) is 0 Å². The van der Waals surface area contributed by atoms with Gasteiger partial charge in [0.25, 0.3) is 0 Å². The van der Waals surface area contributed by atoms with Gasteiger partial charge in [0.1, 0.15) is 6.29 Å². The molecule has 6 atom stereocenters. The molecule has 0 aliphatic heterocycles. The molecule has 0 radical (unpaired) electrons. The maximum Gasteiger partial charge on any atom is 0.226 e. The van der Waals surface area contributed by atoms with Gasteiger partial charge in [-0.15, -0.1) is 0 Å². The van der Waals surface area contributed by atoms with Gasteiger partial charge in [0.05, 0.1) is 11.5 Å². The van der Waals surface area contributed by atoms with Crippen molar-refractivity contribution in [1.29, 1.82) is 0 Å². The molecule has 3 aliphatic carbocycles. The van der Waals surface area contributed by atoms with Crippen LogP contribution in [0.4, 0.5) is 0 Å². The highest BCUT2D eigenvalue weighted by Crippen LogP contribution is 2.64. The predicted molar refractivity (Wildman–Crippen MR) is 119 cm³/mol. The average molecular weight is 485 g/mol. The fraction of sp³-hybridized carbons (Fsp3) is 0.826. The average Bonchev–Trinajstić information content (AvgIpc) is 2.59. The van der Waals surface area contributed by atoms with E-state index in [0.29, 0.717) is 15.3 Å². The van der Waals surface area contributed by atoms with Gasteiger partial charge in [-0.25, -0.2) is 0 Å². The van der Waals surface area contributed by atoms with E-state index in [9.17, 15) is 9.59 Å². The molecule has 3 rings (SSSR count). The van der Waals surface area contributed by atoms with Crippen molar-refractivity contribution in [2.45, 2.75) is 89.0 Å². The minimum atomic E-state index is -0.384. The van der Waals surface area contributed by atoms with E-state index in [2.05, 4.69) is 54.8 Å². The normalized spacial score (nSPS) is 42.6. The topological polar surface area (TPSA) is 46.2 Å². The number of alkyl halides is 1. The van der Waals surface area contributed by atoms with Gasteiger partial charge in [0.15, 0.2) is 0 Å². The van der Waals surface area contributed by atoms with Gasteiger partial charge in [-0.1, -0.05) is 68.4 Å². The molecule has 0 saturated heterocycles. The van der Waals surface area contributed by atoms with Crippen molar-refractivity contribution in [3.8, 4) is 0 Å². The Morgan fingerprint density at radius 1 is 1.22 bits per heavy atom. The van der Waals surface area contributed by atoms with E-state index in [4.69, 9.17) is 0 Å². The molecule has 0 aromatic carbocycles. The number of fused-ring (bicyclic) bond motifs is 3. The highest BCUT2D eigenvalue weighted by molar-refractivity contribution is 14.1. The Labute approximate surface area is 178 Å². The summed E-state index contributed by atoms with van der Waals surface area (Å²) in [4.78, 5) is 24.8. The summed E-state index contributed by atoms with van der Waals surface area (Å²) in [6.07, 6.45) is 11.4. The Kier molecular flexibility index (Phi) is 5.89. The fourth-order valence-corrected chi connectivity index (χ4v) is 7.33. The smallest absolute Gasteiger partial charge is 0.226 e. The summed E-state index contributed by atoms with van der Waals surface area (Å²) < 4.78 is 0.339. The van der Waals surface area contributed by atoms with Gasteiger partial charge < -0.3 is 10.1 Å². The van der Waals surface area contributed by atoms with Crippen molar-refractivity contribution in [1.82, 2.24) is 5.32 Å². The number of amides is 1. The Morgan fingerprint density at radius 3 is 2.56 bits per heavy atom. The summed E-state index contributed by atoms with van der Waals surface area (Å²) in [6, 6.07) is -0.384. The van der Waals surface area contributed by atoms with Crippen molar-refractivity contribution < 1.29 is 9.59 Å². The summed E-state index contributed by atoms with van der Waals surface area (Å²) >= 11 is 2.69. The summed E-state index contributed by atoms with van der Waals surface area (Å²) in [5.74, 6) is 1.24. The molecule has 0 aromatic heterocycles. The van der Waals surface area contributed by atoms with E-state index in [1.165, 1.54) is 19.3 Å². The van der Waals surface area contributed by atoms with Crippen LogP contribution in [0, 0.1) is 28.6 Å². The second kappa shape index (κ2) is 7.46. The highest BCUT2D eigenvalue weighted by Gasteiger charge is 2.58. The van der Waals surface area contributed by atoms with Crippen LogP contribution in [0.15, 0.2) is 11.6 Å². The zero-order chi connectivity index (χ0) is 20.0. The van der Waals surface area contributed by atoms with E-state index < -0.39 is 0 Å². The Morgan fingerprint density at radius 2 is 1.93 bits per heavy atom. The Hall–Kier alpha value is -0.390. The molecule has 2 unspecified atom stereocenters. The van der Waals surface area contributed by atoms with E-state index in [1.807, 2.05) is 13.8 Å². The van der Waals surface area contributed by atoms with Gasteiger partial charge in [-0.2, -0.15) is 0 Å². The maximum atomic E-state index is 13.4. The lowest BCUT2D eigenvalue weighted by molar-refractivity contribution is -0.144. The van der Waals surface area contributed by atoms with Gasteiger partial charge in [-0.3, -0.25) is 4.79 Å². The molecule has 0 heterocycles. The van der Waals surface area contributed by atoms with Crippen LogP contribution in [-0.2, 0) is 9.59 Å². The molecular formula is C23H36INO2. The number of allylic oxidation sites excluding steroid dienone is 2. The van der Waals surface area contributed by atoms with Crippen molar-refractivity contribution in [2.24, 2.45) is 28.6 Å². The highest BCUT2D eigenvalue weighted by atomic mass is 127. The number of halogens is 1. The number of aldehydes is 1. The Bertz CT molecular complexity index is 640. The molecule has 0 bridgehead atoms. The number of hydrogen-bond acceptors (Lipinski definition) is 2. The van der Waals surface area contributed by atoms with Gasteiger partial charge in [0, 0.05) is 3.42 Å². The first kappa shape index (κ1) is 21.3. The van der Waals surface area contributed by atoms with Gasteiger partial charge >= 0.3 is 0 Å². The zero-order valence-electron chi connectivity index (χ0n) is 17.6. The monoisotopic (exact) mass is 485 g/mol. The van der Waals surface area contributed by atoms with Crippen molar-refractivity contribution >= 4 is 34.8 Å². The molecule has 3 nitrogen and oxygen atoms in total. The van der Waals surface area contributed by atoms with Crippen LogP contribution in [0.1, 0.15) is 79.6 Å². The number of carbonyl (C=O) groups excluding carboxylic acids is 2. The number of nitrogens with one attached hydrogen (secondary N) is 1. The molecule has 2 saturated carbocycles. The zero-order valence-corrected chi connectivity index (χ0v) is 19.8. The van der Waals surface area contributed by atoms with E-state index in [1.54, 1.807) is 5.57 Å². The lowest BCUT2D eigenvalue weighted by atomic mass is 9.46. The lowest BCUT2D eigenvalue weighted by Crippen LogP contribution is -2.58. The summed E-state index contributed by atoms with van der Waals surface area (Å²) in [7, 11) is 0. The molecule has 0 aromatic rings. The second-order valence-corrected chi connectivity index (χ2v) is 12.7. The molecule has 1 amide bonds. The summed E-state index contributed by atoms with van der Waals surface area (Å²) in [5, 5.41) is 3.09. The third kappa shape index (κ3) is 3.53. The van der Waals surface area contributed by atoms with Crippen molar-refractivity contribution in [3.05, 3.63) is 11.6 Å². The minimum Gasteiger partial charge on any atom is -0.346 e. The third-order valence-corrected chi connectivity index (χ3v) is 9.41. The maximum absolute atomic E-state index is 13.4. The summed E-state index contributed by atoms with van der Waals surface area (Å²) in [6.45, 7) is 11.0. The molecule has 1 N–H and O–H groups in total. The van der Waals surface area contributed by atoms with E-state index in [-0.39, 0.29) is 28.7 Å². The first-order valence-electron chi connectivity index (χ1n) is 10.7. The molecule has 3 aliphatic rings. The standard InChI is InChI=1S/C23H36INO2/c1-15(2)18(14-26)25-20(27)22(4)12-7-11-21(3)16-8-6-13-23(5,24)17(16)9-10-19(21)22/h8,14-15,17-19H,6-7,9-13H2,1-5H3,(H,25,27)/t17?,18-,19?,21+,22-,23+/m1/s1. The van der Waals surface area contributed by atoms with Crippen LogP contribution in [0.25, 0.3) is 0 Å². The van der Waals surface area contributed by atoms with Crippen LogP contribution in [0.3, 0.4) is 0 Å². The molecule has 0 spiro atoms. The first-order chi connectivity index (χ1) is 12.6. The third-order valence-electron chi connectivity index (χ3n) is 8.11. The fourth-order valence-electron chi connectivity index (χ4n) is 6.37. The van der Waals surface area contributed by atoms with E-state index in [0.717, 1.165) is 32.0 Å². The largest absolute Gasteiger partial charge is 0.346 e. The number of carbonyl (C=O) groups is 2. The van der Waals surface area contributed by atoms with Crippen LogP contribution < -0.4 is 5.32 Å². The number of hydrogen-bond donors (Lipinski definition) is 1. The second-order valence-electron chi connectivity index (χ2n) is 10.2. The van der Waals surface area contributed by atoms with E-state index >= 15 is 0 Å². The molecular weight excluding hydrogens is 449 g/mol. The van der Waals surface area contributed by atoms with Crippen molar-refractivity contribution in [3.63, 3.8) is 0 Å².